The minimum atomic E-state index is 0.706. The molecule has 2 heterocycles. The molecule has 27 heavy (non-hydrogen) atoms. The summed E-state index contributed by atoms with van der Waals surface area (Å²) in [7, 11) is 5.46. The molecule has 0 atom stereocenters. The van der Waals surface area contributed by atoms with E-state index in [0.29, 0.717) is 6.61 Å². The first-order chi connectivity index (χ1) is 13.1. The third-order valence-electron chi connectivity index (χ3n) is 4.27. The largest absolute Gasteiger partial charge is 0.496 e. The average Bonchev–Trinajstić information content (AvgIpc) is 3.13. The highest BCUT2D eigenvalue weighted by Crippen LogP contribution is 2.30. The van der Waals surface area contributed by atoms with Gasteiger partial charge in [0.2, 0.25) is 0 Å². The van der Waals surface area contributed by atoms with Crippen molar-refractivity contribution < 1.29 is 9.47 Å². The van der Waals surface area contributed by atoms with Crippen molar-refractivity contribution in [2.45, 2.75) is 13.5 Å². The van der Waals surface area contributed by atoms with Gasteiger partial charge in [0.25, 0.3) is 0 Å². The molecule has 7 heteroatoms. The zero-order chi connectivity index (χ0) is 19.2. The Bertz CT molecular complexity index is 894. The van der Waals surface area contributed by atoms with Gasteiger partial charge in [-0.2, -0.15) is 5.10 Å². The smallest absolute Gasteiger partial charge is 0.157 e. The molecule has 0 N–H and O–H groups in total. The molecule has 0 saturated carbocycles. The molecule has 3 rings (SSSR count). The summed E-state index contributed by atoms with van der Waals surface area (Å²) < 4.78 is 12.5. The van der Waals surface area contributed by atoms with E-state index in [1.54, 1.807) is 31.4 Å². The molecule has 0 fully saturated rings. The van der Waals surface area contributed by atoms with Crippen LogP contribution in [-0.4, -0.2) is 59.1 Å². The van der Waals surface area contributed by atoms with E-state index in [2.05, 4.69) is 39.1 Å². The Kier molecular flexibility index (Phi) is 6.16. The van der Waals surface area contributed by atoms with Crippen molar-refractivity contribution in [2.75, 3.05) is 34.4 Å². The first-order valence-corrected chi connectivity index (χ1v) is 8.79. The van der Waals surface area contributed by atoms with E-state index in [9.17, 15) is 0 Å². The summed E-state index contributed by atoms with van der Waals surface area (Å²) in [6.45, 7) is 4.39. The standard InChI is InChI=1S/C20H25N5O2/c1-15-11-23-25(12-15)20-10-18(21-14-22-20)17-9-16(5-6-19(17)27-4)13-24(2)7-8-26-3/h5-6,9-12,14H,7-8,13H2,1-4H3. The fourth-order valence-corrected chi connectivity index (χ4v) is 2.85. The number of methoxy groups -OCH3 is 2. The van der Waals surface area contributed by atoms with Crippen LogP contribution in [0, 0.1) is 6.92 Å². The fourth-order valence-electron chi connectivity index (χ4n) is 2.85. The molecule has 2 aromatic heterocycles. The molecule has 7 nitrogen and oxygen atoms in total. The number of nitrogens with zero attached hydrogens (tertiary/aromatic N) is 5. The second-order valence-corrected chi connectivity index (χ2v) is 6.49. The highest BCUT2D eigenvalue weighted by atomic mass is 16.5. The van der Waals surface area contributed by atoms with Crippen molar-refractivity contribution in [3.63, 3.8) is 0 Å². The van der Waals surface area contributed by atoms with Gasteiger partial charge in [0.15, 0.2) is 5.82 Å². The van der Waals surface area contributed by atoms with Crippen molar-refractivity contribution in [3.8, 4) is 22.8 Å². The lowest BCUT2D eigenvalue weighted by Crippen LogP contribution is -2.22. The number of hydrogen-bond acceptors (Lipinski definition) is 6. The molecular weight excluding hydrogens is 342 g/mol. The summed E-state index contributed by atoms with van der Waals surface area (Å²) in [4.78, 5) is 11.0. The van der Waals surface area contributed by atoms with Gasteiger partial charge in [0.1, 0.15) is 12.1 Å². The third-order valence-corrected chi connectivity index (χ3v) is 4.27. The Morgan fingerprint density at radius 3 is 2.70 bits per heavy atom. The number of aromatic nitrogens is 4. The van der Waals surface area contributed by atoms with Crippen LogP contribution in [0.25, 0.3) is 17.1 Å². The predicted octanol–water partition coefficient (Wildman–Crippen LogP) is 2.72. The lowest BCUT2D eigenvalue weighted by atomic mass is 10.1. The molecule has 142 valence electrons. The van der Waals surface area contributed by atoms with E-state index in [0.717, 1.165) is 41.5 Å². The lowest BCUT2D eigenvalue weighted by Gasteiger charge is -2.17. The topological polar surface area (TPSA) is 65.3 Å². The summed E-state index contributed by atoms with van der Waals surface area (Å²) in [6, 6.07) is 8.09. The van der Waals surface area contributed by atoms with Crippen LogP contribution in [0.4, 0.5) is 0 Å². The van der Waals surface area contributed by atoms with Gasteiger partial charge in [-0.3, -0.25) is 4.90 Å². The van der Waals surface area contributed by atoms with Crippen LogP contribution in [0.2, 0.25) is 0 Å². The number of aryl methyl sites for hydroxylation is 1. The second kappa shape index (κ2) is 8.75. The average molecular weight is 367 g/mol. The first-order valence-electron chi connectivity index (χ1n) is 8.79. The number of ether oxygens (including phenoxy) is 2. The molecular formula is C20H25N5O2. The maximum absolute atomic E-state index is 5.56. The quantitative estimate of drug-likeness (QED) is 0.610. The maximum Gasteiger partial charge on any atom is 0.157 e. The highest BCUT2D eigenvalue weighted by Gasteiger charge is 2.12. The van der Waals surface area contributed by atoms with E-state index in [-0.39, 0.29) is 0 Å². The molecule has 0 saturated heterocycles. The summed E-state index contributed by atoms with van der Waals surface area (Å²) >= 11 is 0. The Morgan fingerprint density at radius 1 is 1.15 bits per heavy atom. The van der Waals surface area contributed by atoms with Crippen LogP contribution in [0.3, 0.4) is 0 Å². The number of likely N-dealkylation sites (N-methyl/N-ethyl adjacent to an activating group) is 1. The van der Waals surface area contributed by atoms with E-state index in [1.165, 1.54) is 5.56 Å². The SMILES string of the molecule is COCCN(C)Cc1ccc(OC)c(-c2cc(-n3cc(C)cn3)ncn2)c1. The molecule has 0 amide bonds. The van der Waals surface area contributed by atoms with E-state index < -0.39 is 0 Å². The summed E-state index contributed by atoms with van der Waals surface area (Å²) in [6.07, 6.45) is 5.29. The van der Waals surface area contributed by atoms with Crippen molar-refractivity contribution >= 4 is 0 Å². The Morgan fingerprint density at radius 2 is 2.00 bits per heavy atom. The zero-order valence-electron chi connectivity index (χ0n) is 16.2. The van der Waals surface area contributed by atoms with Crippen molar-refractivity contribution in [1.29, 1.82) is 0 Å². The second-order valence-electron chi connectivity index (χ2n) is 6.49. The predicted molar refractivity (Wildman–Crippen MR) is 104 cm³/mol. The monoisotopic (exact) mass is 367 g/mol. The summed E-state index contributed by atoms with van der Waals surface area (Å²) in [5.41, 5.74) is 3.99. The van der Waals surface area contributed by atoms with E-state index >= 15 is 0 Å². The zero-order valence-corrected chi connectivity index (χ0v) is 16.2. The summed E-state index contributed by atoms with van der Waals surface area (Å²) in [5.74, 6) is 1.50. The minimum Gasteiger partial charge on any atom is -0.496 e. The Balaban J connectivity index is 1.91. The van der Waals surface area contributed by atoms with E-state index in [4.69, 9.17) is 9.47 Å². The van der Waals surface area contributed by atoms with Gasteiger partial charge in [-0.25, -0.2) is 14.6 Å². The van der Waals surface area contributed by atoms with Crippen LogP contribution in [0.15, 0.2) is 43.0 Å². The Labute approximate surface area is 159 Å². The molecule has 0 radical (unpaired) electrons. The summed E-state index contributed by atoms with van der Waals surface area (Å²) in [5, 5.41) is 4.33. The van der Waals surface area contributed by atoms with Gasteiger partial charge in [-0.1, -0.05) is 6.07 Å². The molecule has 1 aromatic carbocycles. The van der Waals surface area contributed by atoms with Crippen LogP contribution in [0.5, 0.6) is 5.75 Å². The molecule has 0 aliphatic rings. The molecule has 0 aliphatic carbocycles. The first kappa shape index (κ1) is 19.0. The molecule has 0 spiro atoms. The van der Waals surface area contributed by atoms with Crippen LogP contribution in [0.1, 0.15) is 11.1 Å². The highest BCUT2D eigenvalue weighted by molar-refractivity contribution is 5.69. The third kappa shape index (κ3) is 4.69. The molecule has 0 aliphatic heterocycles. The Hall–Kier alpha value is -2.77. The fraction of sp³-hybridized carbons (Fsp3) is 0.350. The van der Waals surface area contributed by atoms with Crippen LogP contribution in [-0.2, 0) is 11.3 Å². The van der Waals surface area contributed by atoms with Gasteiger partial charge in [-0.05, 0) is 37.2 Å². The molecule has 3 aromatic rings. The number of rotatable bonds is 8. The van der Waals surface area contributed by atoms with Gasteiger partial charge in [0, 0.05) is 38.0 Å². The van der Waals surface area contributed by atoms with E-state index in [1.807, 2.05) is 25.3 Å². The van der Waals surface area contributed by atoms with Crippen LogP contribution < -0.4 is 4.74 Å². The van der Waals surface area contributed by atoms with Crippen molar-refractivity contribution in [1.82, 2.24) is 24.6 Å². The number of hydrogen-bond donors (Lipinski definition) is 0. The minimum absolute atomic E-state index is 0.706. The van der Waals surface area contributed by atoms with Gasteiger partial charge >= 0.3 is 0 Å². The lowest BCUT2D eigenvalue weighted by molar-refractivity contribution is 0.158. The normalized spacial score (nSPS) is 11.1. The van der Waals surface area contributed by atoms with Gasteiger partial charge in [0.05, 0.1) is 25.6 Å². The maximum atomic E-state index is 5.56. The van der Waals surface area contributed by atoms with Gasteiger partial charge in [-0.15, -0.1) is 0 Å². The van der Waals surface area contributed by atoms with Crippen LogP contribution >= 0.6 is 0 Å². The molecule has 0 unspecified atom stereocenters. The van der Waals surface area contributed by atoms with Gasteiger partial charge < -0.3 is 9.47 Å². The number of benzene rings is 1. The van der Waals surface area contributed by atoms with Crippen molar-refractivity contribution in [3.05, 3.63) is 54.1 Å². The van der Waals surface area contributed by atoms with Crippen molar-refractivity contribution in [2.24, 2.45) is 0 Å². The molecule has 0 bridgehead atoms.